The number of likely N-dealkylation sites (tertiary alicyclic amines) is 1. The average Bonchev–Trinajstić information content (AvgIpc) is 2.62. The van der Waals surface area contributed by atoms with Crippen molar-refractivity contribution in [2.45, 2.75) is 32.4 Å². The van der Waals surface area contributed by atoms with Crippen LogP contribution in [0.3, 0.4) is 0 Å². The van der Waals surface area contributed by atoms with Gasteiger partial charge in [-0.05, 0) is 71.8 Å². The number of benzene rings is 2. The number of hydrogen-bond acceptors (Lipinski definition) is 2. The van der Waals surface area contributed by atoms with Crippen LogP contribution < -0.4 is 5.32 Å². The van der Waals surface area contributed by atoms with Crippen LogP contribution in [0.4, 0.5) is 0 Å². The third kappa shape index (κ3) is 4.57. The van der Waals surface area contributed by atoms with E-state index in [9.17, 15) is 4.79 Å². The van der Waals surface area contributed by atoms with Crippen LogP contribution in [-0.2, 0) is 13.1 Å². The number of rotatable bonds is 5. The zero-order valence-electron chi connectivity index (χ0n) is 13.8. The third-order valence-corrected chi connectivity index (χ3v) is 5.46. The molecule has 3 rings (SSSR count). The third-order valence-electron chi connectivity index (χ3n) is 4.52. The molecule has 1 fully saturated rings. The molecule has 0 atom stereocenters. The summed E-state index contributed by atoms with van der Waals surface area (Å²) in [6.45, 7) is 3.93. The average molecular weight is 434 g/mol. The van der Waals surface area contributed by atoms with Crippen LogP contribution in [0.2, 0.25) is 0 Å². The first-order valence-electron chi connectivity index (χ1n) is 8.56. The molecule has 1 N–H and O–H groups in total. The molecule has 0 aromatic heterocycles. The molecule has 0 unspecified atom stereocenters. The van der Waals surface area contributed by atoms with E-state index in [1.54, 1.807) is 0 Å². The van der Waals surface area contributed by atoms with Crippen LogP contribution in [0.5, 0.6) is 0 Å². The zero-order valence-corrected chi connectivity index (χ0v) is 16.0. The monoisotopic (exact) mass is 434 g/mol. The van der Waals surface area contributed by atoms with Crippen molar-refractivity contribution in [3.05, 3.63) is 68.8 Å². The predicted molar refractivity (Wildman–Crippen MR) is 106 cm³/mol. The molecular formula is C20H23IN2O. The smallest absolute Gasteiger partial charge is 0.252 e. The molecule has 1 aliphatic rings. The summed E-state index contributed by atoms with van der Waals surface area (Å²) in [5, 5.41) is 3.07. The van der Waals surface area contributed by atoms with Crippen molar-refractivity contribution >= 4 is 28.5 Å². The van der Waals surface area contributed by atoms with Gasteiger partial charge in [-0.1, -0.05) is 42.8 Å². The second-order valence-corrected chi connectivity index (χ2v) is 7.43. The van der Waals surface area contributed by atoms with Crippen molar-refractivity contribution in [2.75, 3.05) is 13.1 Å². The van der Waals surface area contributed by atoms with Gasteiger partial charge in [0.15, 0.2) is 0 Å². The molecule has 126 valence electrons. The van der Waals surface area contributed by atoms with Gasteiger partial charge in [-0.2, -0.15) is 0 Å². The van der Waals surface area contributed by atoms with Gasteiger partial charge in [0.1, 0.15) is 0 Å². The van der Waals surface area contributed by atoms with Gasteiger partial charge in [-0.3, -0.25) is 9.69 Å². The summed E-state index contributed by atoms with van der Waals surface area (Å²) in [5.74, 6) is -0.00669. The summed E-state index contributed by atoms with van der Waals surface area (Å²) in [7, 11) is 0. The van der Waals surface area contributed by atoms with E-state index in [0.717, 1.165) is 15.7 Å². The first kappa shape index (κ1) is 17.4. The Morgan fingerprint density at radius 3 is 2.38 bits per heavy atom. The molecule has 0 bridgehead atoms. The van der Waals surface area contributed by atoms with E-state index in [1.165, 1.54) is 43.5 Å². The number of nitrogens with one attached hydrogen (secondary N) is 1. The minimum atomic E-state index is -0.00669. The Labute approximate surface area is 157 Å². The number of carbonyl (C=O) groups excluding carboxylic acids is 1. The van der Waals surface area contributed by atoms with Gasteiger partial charge in [0.25, 0.3) is 5.91 Å². The molecule has 0 aliphatic carbocycles. The second kappa shape index (κ2) is 8.62. The highest BCUT2D eigenvalue weighted by Gasteiger charge is 2.13. The Hall–Kier alpha value is -1.40. The van der Waals surface area contributed by atoms with Gasteiger partial charge in [0.05, 0.1) is 5.56 Å². The Kier molecular flexibility index (Phi) is 6.26. The Morgan fingerprint density at radius 1 is 0.958 bits per heavy atom. The molecule has 2 aromatic carbocycles. The molecule has 1 heterocycles. The number of piperidine rings is 1. The maximum absolute atomic E-state index is 12.4. The lowest BCUT2D eigenvalue weighted by Crippen LogP contribution is -2.30. The van der Waals surface area contributed by atoms with Gasteiger partial charge in [-0.15, -0.1) is 0 Å². The Balaban J connectivity index is 1.64. The van der Waals surface area contributed by atoms with Crippen molar-refractivity contribution < 1.29 is 4.79 Å². The first-order chi connectivity index (χ1) is 11.7. The fraction of sp³-hybridized carbons (Fsp3) is 0.350. The number of hydrogen-bond donors (Lipinski definition) is 1. The van der Waals surface area contributed by atoms with E-state index in [-0.39, 0.29) is 5.91 Å². The van der Waals surface area contributed by atoms with Gasteiger partial charge in [-0.25, -0.2) is 0 Å². The predicted octanol–water partition coefficient (Wildman–Crippen LogP) is 4.21. The topological polar surface area (TPSA) is 32.3 Å². The Bertz CT molecular complexity index is 696. The molecule has 0 radical (unpaired) electrons. The number of nitrogens with zero attached hydrogens (tertiary/aromatic N) is 1. The van der Waals surface area contributed by atoms with Crippen molar-refractivity contribution in [3.63, 3.8) is 0 Å². The minimum absolute atomic E-state index is 0.00669. The molecule has 4 heteroatoms. The lowest BCUT2D eigenvalue weighted by Gasteiger charge is -2.27. The largest absolute Gasteiger partial charge is 0.348 e. The fourth-order valence-electron chi connectivity index (χ4n) is 3.16. The van der Waals surface area contributed by atoms with Crippen molar-refractivity contribution in [2.24, 2.45) is 0 Å². The summed E-state index contributed by atoms with van der Waals surface area (Å²) in [6.07, 6.45) is 3.95. The Morgan fingerprint density at radius 2 is 1.62 bits per heavy atom. The maximum atomic E-state index is 12.4. The second-order valence-electron chi connectivity index (χ2n) is 6.27. The summed E-state index contributed by atoms with van der Waals surface area (Å²) < 4.78 is 0.981. The number of amides is 1. The van der Waals surface area contributed by atoms with Crippen molar-refractivity contribution in [3.8, 4) is 0 Å². The molecule has 3 nitrogen and oxygen atoms in total. The van der Waals surface area contributed by atoms with Gasteiger partial charge >= 0.3 is 0 Å². The number of halogens is 1. The summed E-state index contributed by atoms with van der Waals surface area (Å²) >= 11 is 2.21. The summed E-state index contributed by atoms with van der Waals surface area (Å²) in [4.78, 5) is 14.9. The highest BCUT2D eigenvalue weighted by atomic mass is 127. The molecule has 24 heavy (non-hydrogen) atoms. The molecule has 1 aliphatic heterocycles. The van der Waals surface area contributed by atoms with Crippen LogP contribution in [0.25, 0.3) is 0 Å². The van der Waals surface area contributed by atoms with E-state index < -0.39 is 0 Å². The maximum Gasteiger partial charge on any atom is 0.252 e. The van der Waals surface area contributed by atoms with E-state index in [0.29, 0.717) is 6.54 Å². The summed E-state index contributed by atoms with van der Waals surface area (Å²) in [5.41, 5.74) is 3.27. The highest BCUT2D eigenvalue weighted by molar-refractivity contribution is 14.1. The molecular weight excluding hydrogens is 411 g/mol. The van der Waals surface area contributed by atoms with Crippen LogP contribution >= 0.6 is 22.6 Å². The van der Waals surface area contributed by atoms with Gasteiger partial charge in [0, 0.05) is 16.7 Å². The zero-order chi connectivity index (χ0) is 16.8. The fourth-order valence-corrected chi connectivity index (χ4v) is 3.79. The molecule has 1 saturated heterocycles. The quantitative estimate of drug-likeness (QED) is 0.716. The molecule has 2 aromatic rings. The lowest BCUT2D eigenvalue weighted by atomic mass is 10.0. The van der Waals surface area contributed by atoms with Crippen LogP contribution in [0.1, 0.15) is 40.7 Å². The van der Waals surface area contributed by atoms with E-state index in [2.05, 4.69) is 51.0 Å². The van der Waals surface area contributed by atoms with Crippen LogP contribution in [-0.4, -0.2) is 23.9 Å². The minimum Gasteiger partial charge on any atom is -0.348 e. The SMILES string of the molecule is O=C(NCc1ccccc1CN1CCCCC1)c1ccccc1I. The number of carbonyl (C=O) groups is 1. The normalized spacial score (nSPS) is 15.2. The van der Waals surface area contributed by atoms with Gasteiger partial charge < -0.3 is 5.32 Å². The lowest BCUT2D eigenvalue weighted by molar-refractivity contribution is 0.0950. The van der Waals surface area contributed by atoms with E-state index >= 15 is 0 Å². The summed E-state index contributed by atoms with van der Waals surface area (Å²) in [6, 6.07) is 16.1. The van der Waals surface area contributed by atoms with Gasteiger partial charge in [0.2, 0.25) is 0 Å². The molecule has 0 saturated carbocycles. The van der Waals surface area contributed by atoms with E-state index in [4.69, 9.17) is 0 Å². The standard InChI is InChI=1S/C20H23IN2O/c21-19-11-5-4-10-18(19)20(24)22-14-16-8-2-3-9-17(16)15-23-12-6-1-7-13-23/h2-5,8-11H,1,6-7,12-15H2,(H,22,24). The first-order valence-corrected chi connectivity index (χ1v) is 9.64. The molecule has 0 spiro atoms. The van der Waals surface area contributed by atoms with Crippen molar-refractivity contribution in [1.29, 1.82) is 0 Å². The van der Waals surface area contributed by atoms with Crippen molar-refractivity contribution in [1.82, 2.24) is 10.2 Å². The van der Waals surface area contributed by atoms with E-state index in [1.807, 2.05) is 30.3 Å². The van der Waals surface area contributed by atoms with Crippen LogP contribution in [0, 0.1) is 3.57 Å². The van der Waals surface area contributed by atoms with Crippen LogP contribution in [0.15, 0.2) is 48.5 Å². The molecule has 1 amide bonds. The highest BCUT2D eigenvalue weighted by Crippen LogP contribution is 2.17.